The van der Waals surface area contributed by atoms with Crippen molar-refractivity contribution in [3.63, 3.8) is 0 Å². The van der Waals surface area contributed by atoms with Gasteiger partial charge >= 0.3 is 0 Å². The quantitative estimate of drug-likeness (QED) is 0.888. The summed E-state index contributed by atoms with van der Waals surface area (Å²) >= 11 is 0. The Kier molecular flexibility index (Phi) is 5.12. The molecule has 2 aromatic carbocycles. The summed E-state index contributed by atoms with van der Waals surface area (Å²) in [5, 5.41) is 10.1. The predicted octanol–water partition coefficient (Wildman–Crippen LogP) is 4.36. The van der Waals surface area contributed by atoms with Crippen LogP contribution in [0, 0.1) is 5.92 Å². The topological polar surface area (TPSA) is 29.5 Å². The van der Waals surface area contributed by atoms with E-state index in [1.165, 1.54) is 24.0 Å². The van der Waals surface area contributed by atoms with Crippen LogP contribution < -0.4 is 4.74 Å². The van der Waals surface area contributed by atoms with Crippen LogP contribution in [-0.4, -0.2) is 11.2 Å². The molecule has 1 N–H and O–H groups in total. The first kappa shape index (κ1) is 15.1. The second-order valence-corrected chi connectivity index (χ2v) is 6.23. The van der Waals surface area contributed by atoms with Crippen molar-refractivity contribution in [1.82, 2.24) is 0 Å². The molecule has 2 nitrogen and oxygen atoms in total. The number of benzene rings is 2. The van der Waals surface area contributed by atoms with E-state index in [1.807, 2.05) is 30.3 Å². The second-order valence-electron chi connectivity index (χ2n) is 6.23. The molecule has 22 heavy (non-hydrogen) atoms. The average molecular weight is 296 g/mol. The van der Waals surface area contributed by atoms with Crippen molar-refractivity contribution in [2.24, 2.45) is 5.92 Å². The molecule has 0 spiro atoms. The molecule has 0 radical (unpaired) electrons. The lowest BCUT2D eigenvalue weighted by Crippen LogP contribution is -2.26. The van der Waals surface area contributed by atoms with Gasteiger partial charge in [0.05, 0.1) is 6.10 Å². The van der Waals surface area contributed by atoms with E-state index in [0.29, 0.717) is 12.5 Å². The first-order chi connectivity index (χ1) is 10.8. The molecule has 0 saturated heterocycles. The Hall–Kier alpha value is -1.80. The predicted molar refractivity (Wildman–Crippen MR) is 88.9 cm³/mol. The Morgan fingerprint density at radius 3 is 2.32 bits per heavy atom. The van der Waals surface area contributed by atoms with Gasteiger partial charge in [0.25, 0.3) is 0 Å². The molecule has 2 atom stereocenters. The number of aliphatic hydroxyl groups is 1. The fraction of sp³-hybridized carbons (Fsp3) is 0.400. The van der Waals surface area contributed by atoms with Gasteiger partial charge in [0, 0.05) is 0 Å². The average Bonchev–Trinajstić information content (AvgIpc) is 2.57. The summed E-state index contributed by atoms with van der Waals surface area (Å²) in [5.41, 5.74) is 2.47. The van der Waals surface area contributed by atoms with Crippen LogP contribution in [0.2, 0.25) is 0 Å². The van der Waals surface area contributed by atoms with E-state index < -0.39 is 0 Å². The van der Waals surface area contributed by atoms with Crippen LogP contribution >= 0.6 is 0 Å². The standard InChI is InChI=1S/C20H24O2/c21-20-9-5-4-8-18(20)14-16-10-12-19(13-11-16)22-15-17-6-2-1-3-7-17/h1-3,6-7,10-13,18,20-21H,4-5,8-9,14-15H2. The molecule has 2 heteroatoms. The maximum Gasteiger partial charge on any atom is 0.119 e. The number of ether oxygens (including phenoxy) is 1. The molecule has 0 heterocycles. The molecule has 116 valence electrons. The Balaban J connectivity index is 1.53. The van der Waals surface area contributed by atoms with Gasteiger partial charge < -0.3 is 9.84 Å². The van der Waals surface area contributed by atoms with Crippen molar-refractivity contribution in [2.75, 3.05) is 0 Å². The van der Waals surface area contributed by atoms with Crippen molar-refractivity contribution in [2.45, 2.75) is 44.8 Å². The van der Waals surface area contributed by atoms with Gasteiger partial charge in [-0.05, 0) is 48.4 Å². The summed E-state index contributed by atoms with van der Waals surface area (Å²) in [7, 11) is 0. The van der Waals surface area contributed by atoms with Crippen LogP contribution in [0.5, 0.6) is 5.75 Å². The molecule has 3 rings (SSSR count). The molecule has 2 unspecified atom stereocenters. The van der Waals surface area contributed by atoms with E-state index in [1.54, 1.807) is 0 Å². The summed E-state index contributed by atoms with van der Waals surface area (Å²) in [6, 6.07) is 18.5. The van der Waals surface area contributed by atoms with E-state index in [4.69, 9.17) is 4.74 Å². The summed E-state index contributed by atoms with van der Waals surface area (Å²) in [6.45, 7) is 0.599. The van der Waals surface area contributed by atoms with Gasteiger partial charge in [-0.3, -0.25) is 0 Å². The van der Waals surface area contributed by atoms with E-state index in [0.717, 1.165) is 25.0 Å². The first-order valence-electron chi connectivity index (χ1n) is 8.25. The van der Waals surface area contributed by atoms with Gasteiger partial charge in [-0.2, -0.15) is 0 Å². The largest absolute Gasteiger partial charge is 0.489 e. The van der Waals surface area contributed by atoms with E-state index >= 15 is 0 Å². The molecule has 1 fully saturated rings. The molecule has 0 bridgehead atoms. The maximum atomic E-state index is 10.1. The zero-order chi connectivity index (χ0) is 15.2. The van der Waals surface area contributed by atoms with Crippen molar-refractivity contribution >= 4 is 0 Å². The van der Waals surface area contributed by atoms with Crippen molar-refractivity contribution in [1.29, 1.82) is 0 Å². The normalized spacial score (nSPS) is 21.5. The molecule has 1 aliphatic carbocycles. The highest BCUT2D eigenvalue weighted by Gasteiger charge is 2.22. The highest BCUT2D eigenvalue weighted by Crippen LogP contribution is 2.28. The van der Waals surface area contributed by atoms with Crippen molar-refractivity contribution in [3.05, 3.63) is 65.7 Å². The lowest BCUT2D eigenvalue weighted by Gasteiger charge is -2.27. The molecule has 0 aromatic heterocycles. The van der Waals surface area contributed by atoms with Gasteiger partial charge in [-0.25, -0.2) is 0 Å². The molecule has 1 saturated carbocycles. The smallest absolute Gasteiger partial charge is 0.119 e. The summed E-state index contributed by atoms with van der Waals surface area (Å²) < 4.78 is 5.81. The fourth-order valence-electron chi connectivity index (χ4n) is 3.19. The van der Waals surface area contributed by atoms with Crippen LogP contribution in [0.15, 0.2) is 54.6 Å². The number of aliphatic hydroxyl groups excluding tert-OH is 1. The van der Waals surface area contributed by atoms with Gasteiger partial charge in [0.1, 0.15) is 12.4 Å². The molecule has 0 aliphatic heterocycles. The first-order valence-corrected chi connectivity index (χ1v) is 8.25. The number of hydrogen-bond acceptors (Lipinski definition) is 2. The zero-order valence-electron chi connectivity index (χ0n) is 12.9. The Labute approximate surface area is 132 Å². The number of hydrogen-bond donors (Lipinski definition) is 1. The maximum absolute atomic E-state index is 10.1. The van der Waals surface area contributed by atoms with E-state index in [2.05, 4.69) is 24.3 Å². The molecular formula is C20H24O2. The lowest BCUT2D eigenvalue weighted by atomic mass is 9.82. The van der Waals surface area contributed by atoms with Crippen LogP contribution in [0.1, 0.15) is 36.8 Å². The Morgan fingerprint density at radius 2 is 1.59 bits per heavy atom. The minimum Gasteiger partial charge on any atom is -0.489 e. The molecule has 2 aromatic rings. The zero-order valence-corrected chi connectivity index (χ0v) is 12.9. The van der Waals surface area contributed by atoms with Gasteiger partial charge in [-0.15, -0.1) is 0 Å². The third kappa shape index (κ3) is 4.11. The van der Waals surface area contributed by atoms with E-state index in [-0.39, 0.29) is 6.10 Å². The van der Waals surface area contributed by atoms with Crippen LogP contribution in [0.3, 0.4) is 0 Å². The van der Waals surface area contributed by atoms with Gasteiger partial charge in [0.15, 0.2) is 0 Å². The van der Waals surface area contributed by atoms with Crippen LogP contribution in [0.4, 0.5) is 0 Å². The van der Waals surface area contributed by atoms with E-state index in [9.17, 15) is 5.11 Å². The number of rotatable bonds is 5. The third-order valence-corrected chi connectivity index (χ3v) is 4.54. The van der Waals surface area contributed by atoms with Gasteiger partial charge in [0.2, 0.25) is 0 Å². The van der Waals surface area contributed by atoms with Crippen molar-refractivity contribution < 1.29 is 9.84 Å². The summed E-state index contributed by atoms with van der Waals surface area (Å²) in [6.07, 6.45) is 5.38. The summed E-state index contributed by atoms with van der Waals surface area (Å²) in [4.78, 5) is 0. The highest BCUT2D eigenvalue weighted by atomic mass is 16.5. The minimum absolute atomic E-state index is 0.122. The lowest BCUT2D eigenvalue weighted by molar-refractivity contribution is 0.0700. The Bertz CT molecular complexity index is 562. The fourth-order valence-corrected chi connectivity index (χ4v) is 3.19. The molecule has 0 amide bonds. The van der Waals surface area contributed by atoms with Crippen LogP contribution in [-0.2, 0) is 13.0 Å². The monoisotopic (exact) mass is 296 g/mol. The minimum atomic E-state index is -0.122. The second kappa shape index (κ2) is 7.46. The van der Waals surface area contributed by atoms with Gasteiger partial charge in [-0.1, -0.05) is 55.3 Å². The molecule has 1 aliphatic rings. The third-order valence-electron chi connectivity index (χ3n) is 4.54. The Morgan fingerprint density at radius 1 is 0.864 bits per heavy atom. The highest BCUT2D eigenvalue weighted by molar-refractivity contribution is 5.28. The van der Waals surface area contributed by atoms with Crippen molar-refractivity contribution in [3.8, 4) is 5.75 Å². The summed E-state index contributed by atoms with van der Waals surface area (Å²) in [5.74, 6) is 1.32. The molecular weight excluding hydrogens is 272 g/mol. The SMILES string of the molecule is OC1CCCCC1Cc1ccc(OCc2ccccc2)cc1. The van der Waals surface area contributed by atoms with Crippen LogP contribution in [0.25, 0.3) is 0 Å².